The average molecular weight is 262 g/mol. The SMILES string of the molecule is Cc1nc2c(c(N3CCCC(O)C3)n1)CCNC2=O. The maximum absolute atomic E-state index is 11.9. The van der Waals surface area contributed by atoms with Crippen molar-refractivity contribution in [3.8, 4) is 0 Å². The fourth-order valence-electron chi connectivity index (χ4n) is 2.79. The summed E-state index contributed by atoms with van der Waals surface area (Å²) in [7, 11) is 0. The second-order valence-corrected chi connectivity index (χ2v) is 5.17. The van der Waals surface area contributed by atoms with Gasteiger partial charge in [0.1, 0.15) is 17.3 Å². The molecular weight excluding hydrogens is 244 g/mol. The van der Waals surface area contributed by atoms with Crippen molar-refractivity contribution < 1.29 is 9.90 Å². The lowest BCUT2D eigenvalue weighted by Gasteiger charge is -2.33. The van der Waals surface area contributed by atoms with E-state index in [-0.39, 0.29) is 12.0 Å². The minimum absolute atomic E-state index is 0.120. The quantitative estimate of drug-likeness (QED) is 0.746. The van der Waals surface area contributed by atoms with E-state index in [2.05, 4.69) is 20.2 Å². The van der Waals surface area contributed by atoms with E-state index in [4.69, 9.17) is 0 Å². The highest BCUT2D eigenvalue weighted by atomic mass is 16.3. The van der Waals surface area contributed by atoms with E-state index in [1.54, 1.807) is 6.92 Å². The molecule has 1 aromatic heterocycles. The number of amides is 1. The zero-order valence-corrected chi connectivity index (χ0v) is 11.0. The molecule has 2 aliphatic rings. The van der Waals surface area contributed by atoms with Crippen molar-refractivity contribution in [1.82, 2.24) is 15.3 Å². The van der Waals surface area contributed by atoms with Crippen LogP contribution >= 0.6 is 0 Å². The van der Waals surface area contributed by atoms with Gasteiger partial charge in [0.25, 0.3) is 5.91 Å². The molecule has 6 nitrogen and oxygen atoms in total. The van der Waals surface area contributed by atoms with Crippen LogP contribution in [0.5, 0.6) is 0 Å². The highest BCUT2D eigenvalue weighted by Gasteiger charge is 2.27. The number of β-amino-alcohol motifs (C(OH)–C–C–N with tert-alkyl or cyclic N) is 1. The van der Waals surface area contributed by atoms with Crippen molar-refractivity contribution in [2.75, 3.05) is 24.5 Å². The lowest BCUT2D eigenvalue weighted by molar-refractivity contribution is 0.0940. The number of nitrogens with zero attached hydrogens (tertiary/aromatic N) is 3. The molecule has 1 atom stereocenters. The molecule has 0 saturated carbocycles. The van der Waals surface area contributed by atoms with Crippen molar-refractivity contribution in [3.63, 3.8) is 0 Å². The van der Waals surface area contributed by atoms with Crippen LogP contribution in [0, 0.1) is 6.92 Å². The first kappa shape index (κ1) is 12.3. The van der Waals surface area contributed by atoms with Crippen molar-refractivity contribution in [2.45, 2.75) is 32.3 Å². The number of carbonyl (C=O) groups excluding carboxylic acids is 1. The molecule has 0 aromatic carbocycles. The van der Waals surface area contributed by atoms with Crippen molar-refractivity contribution >= 4 is 11.7 Å². The van der Waals surface area contributed by atoms with E-state index < -0.39 is 0 Å². The highest BCUT2D eigenvalue weighted by Crippen LogP contribution is 2.26. The number of aliphatic hydroxyl groups excluding tert-OH is 1. The normalized spacial score (nSPS) is 22.9. The molecule has 6 heteroatoms. The Labute approximate surface area is 111 Å². The topological polar surface area (TPSA) is 78.3 Å². The van der Waals surface area contributed by atoms with Crippen LogP contribution in [0.4, 0.5) is 5.82 Å². The van der Waals surface area contributed by atoms with E-state index in [0.717, 1.165) is 37.2 Å². The Balaban J connectivity index is 2.03. The Morgan fingerprint density at radius 2 is 2.26 bits per heavy atom. The first-order chi connectivity index (χ1) is 9.15. The monoisotopic (exact) mass is 262 g/mol. The Kier molecular flexibility index (Phi) is 3.10. The number of rotatable bonds is 1. The maximum atomic E-state index is 11.9. The average Bonchev–Trinajstić information content (AvgIpc) is 2.39. The third kappa shape index (κ3) is 2.28. The third-order valence-electron chi connectivity index (χ3n) is 3.67. The molecule has 1 fully saturated rings. The van der Waals surface area contributed by atoms with Gasteiger partial charge < -0.3 is 15.3 Å². The molecule has 1 aromatic rings. The van der Waals surface area contributed by atoms with E-state index in [9.17, 15) is 9.90 Å². The van der Waals surface area contributed by atoms with Crippen molar-refractivity contribution in [3.05, 3.63) is 17.1 Å². The van der Waals surface area contributed by atoms with E-state index in [1.807, 2.05) is 0 Å². The summed E-state index contributed by atoms with van der Waals surface area (Å²) in [6, 6.07) is 0. The number of piperidine rings is 1. The van der Waals surface area contributed by atoms with Crippen LogP contribution < -0.4 is 10.2 Å². The van der Waals surface area contributed by atoms with E-state index in [0.29, 0.717) is 24.6 Å². The number of nitrogens with one attached hydrogen (secondary N) is 1. The van der Waals surface area contributed by atoms with Gasteiger partial charge in [-0.2, -0.15) is 0 Å². The van der Waals surface area contributed by atoms with Gasteiger partial charge in [-0.1, -0.05) is 0 Å². The Morgan fingerprint density at radius 3 is 3.05 bits per heavy atom. The van der Waals surface area contributed by atoms with Crippen LogP contribution in [0.15, 0.2) is 0 Å². The molecule has 0 bridgehead atoms. The van der Waals surface area contributed by atoms with Gasteiger partial charge in [0.15, 0.2) is 0 Å². The lowest BCUT2D eigenvalue weighted by Crippen LogP contribution is -2.41. The summed E-state index contributed by atoms with van der Waals surface area (Å²) in [5, 5.41) is 12.6. The van der Waals surface area contributed by atoms with Crippen molar-refractivity contribution in [2.24, 2.45) is 0 Å². The molecule has 1 unspecified atom stereocenters. The number of fused-ring (bicyclic) bond motifs is 1. The summed E-state index contributed by atoms with van der Waals surface area (Å²) in [5.41, 5.74) is 1.41. The summed E-state index contributed by atoms with van der Waals surface area (Å²) < 4.78 is 0. The number of hydrogen-bond donors (Lipinski definition) is 2. The minimum Gasteiger partial charge on any atom is -0.391 e. The molecule has 19 heavy (non-hydrogen) atoms. The summed E-state index contributed by atoms with van der Waals surface area (Å²) in [6.45, 7) is 3.89. The molecule has 3 rings (SSSR count). The smallest absolute Gasteiger partial charge is 0.270 e. The first-order valence-electron chi connectivity index (χ1n) is 6.74. The van der Waals surface area contributed by atoms with Crippen LogP contribution in [0.2, 0.25) is 0 Å². The number of aryl methyl sites for hydroxylation is 1. The van der Waals surface area contributed by atoms with Crippen molar-refractivity contribution in [1.29, 1.82) is 0 Å². The largest absolute Gasteiger partial charge is 0.391 e. The van der Waals surface area contributed by atoms with E-state index >= 15 is 0 Å². The van der Waals surface area contributed by atoms with Gasteiger partial charge in [-0.05, 0) is 26.2 Å². The number of hydrogen-bond acceptors (Lipinski definition) is 5. The van der Waals surface area contributed by atoms with Gasteiger partial charge in [0.05, 0.1) is 6.10 Å². The molecule has 0 aliphatic carbocycles. The Bertz CT molecular complexity index is 518. The Hall–Kier alpha value is -1.69. The van der Waals surface area contributed by atoms with Gasteiger partial charge in [-0.3, -0.25) is 4.79 Å². The predicted molar refractivity (Wildman–Crippen MR) is 70.3 cm³/mol. The van der Waals surface area contributed by atoms with Crippen LogP contribution in [-0.2, 0) is 6.42 Å². The second-order valence-electron chi connectivity index (χ2n) is 5.17. The van der Waals surface area contributed by atoms with Gasteiger partial charge in [-0.15, -0.1) is 0 Å². The molecule has 1 saturated heterocycles. The van der Waals surface area contributed by atoms with Gasteiger partial charge in [-0.25, -0.2) is 9.97 Å². The lowest BCUT2D eigenvalue weighted by atomic mass is 10.0. The number of carbonyl (C=O) groups is 1. The zero-order chi connectivity index (χ0) is 13.4. The fourth-order valence-corrected chi connectivity index (χ4v) is 2.79. The first-order valence-corrected chi connectivity index (χ1v) is 6.74. The van der Waals surface area contributed by atoms with Crippen LogP contribution in [0.1, 0.15) is 34.7 Å². The number of anilines is 1. The summed E-state index contributed by atoms with van der Waals surface area (Å²) in [4.78, 5) is 22.7. The highest BCUT2D eigenvalue weighted by molar-refractivity contribution is 5.96. The summed E-state index contributed by atoms with van der Waals surface area (Å²) >= 11 is 0. The molecule has 3 heterocycles. The summed E-state index contributed by atoms with van der Waals surface area (Å²) in [6.07, 6.45) is 2.23. The number of aliphatic hydroxyl groups is 1. The van der Waals surface area contributed by atoms with Gasteiger partial charge in [0, 0.05) is 25.2 Å². The third-order valence-corrected chi connectivity index (χ3v) is 3.67. The second kappa shape index (κ2) is 4.77. The van der Waals surface area contributed by atoms with Crippen LogP contribution in [-0.4, -0.2) is 46.7 Å². The maximum Gasteiger partial charge on any atom is 0.270 e. The van der Waals surface area contributed by atoms with Gasteiger partial charge in [0.2, 0.25) is 0 Å². The van der Waals surface area contributed by atoms with Crippen LogP contribution in [0.3, 0.4) is 0 Å². The van der Waals surface area contributed by atoms with Gasteiger partial charge >= 0.3 is 0 Å². The standard InChI is InChI=1S/C13H18N4O2/c1-8-15-11-10(4-5-14-13(11)19)12(16-8)17-6-2-3-9(18)7-17/h9,18H,2-7H2,1H3,(H,14,19). The number of aromatic nitrogens is 2. The molecule has 102 valence electrons. The molecule has 1 amide bonds. The predicted octanol–water partition coefficient (Wildman–Crippen LogP) is 0.0320. The minimum atomic E-state index is -0.308. The molecule has 0 radical (unpaired) electrons. The van der Waals surface area contributed by atoms with E-state index in [1.165, 1.54) is 0 Å². The fraction of sp³-hybridized carbons (Fsp3) is 0.615. The summed E-state index contributed by atoms with van der Waals surface area (Å²) in [5.74, 6) is 1.31. The molecular formula is C13H18N4O2. The molecule has 2 aliphatic heterocycles. The Morgan fingerprint density at radius 1 is 1.42 bits per heavy atom. The zero-order valence-electron chi connectivity index (χ0n) is 11.0. The molecule has 2 N–H and O–H groups in total. The molecule has 0 spiro atoms. The van der Waals surface area contributed by atoms with Crippen LogP contribution in [0.25, 0.3) is 0 Å².